The Morgan fingerprint density at radius 1 is 1.19 bits per heavy atom. The number of rotatable bonds is 5. The van der Waals surface area contributed by atoms with E-state index in [2.05, 4.69) is 15.2 Å². The highest BCUT2D eigenvalue weighted by Gasteiger charge is 2.23. The van der Waals surface area contributed by atoms with E-state index in [1.165, 1.54) is 12.3 Å². The summed E-state index contributed by atoms with van der Waals surface area (Å²) in [5.41, 5.74) is 7.18. The largest absolute Gasteiger partial charge is 0.396 e. The zero-order valence-electron chi connectivity index (χ0n) is 17.8. The van der Waals surface area contributed by atoms with E-state index in [1.54, 1.807) is 12.3 Å². The van der Waals surface area contributed by atoms with Crippen LogP contribution >= 0.6 is 0 Å². The number of ether oxygens (including phenoxy) is 1. The number of nitrogens with zero attached hydrogens (tertiary/aromatic N) is 2. The quantitative estimate of drug-likeness (QED) is 0.611. The smallest absolute Gasteiger partial charge is 0.257 e. The summed E-state index contributed by atoms with van der Waals surface area (Å²) >= 11 is 0. The predicted molar refractivity (Wildman–Crippen MR) is 121 cm³/mol. The molecule has 7 heteroatoms. The summed E-state index contributed by atoms with van der Waals surface area (Å²) < 4.78 is 20.7. The van der Waals surface area contributed by atoms with Crippen LogP contribution in [0.4, 0.5) is 15.8 Å². The third-order valence-electron chi connectivity index (χ3n) is 5.61. The number of carbonyl (C=O) groups is 1. The van der Waals surface area contributed by atoms with E-state index in [0.29, 0.717) is 29.8 Å². The fraction of sp³-hybridized carbons (Fsp3) is 0.333. The number of pyridine rings is 1. The van der Waals surface area contributed by atoms with Gasteiger partial charge in [-0.05, 0) is 37.8 Å². The summed E-state index contributed by atoms with van der Waals surface area (Å²) in [6.45, 7) is 6.30. The van der Waals surface area contributed by atoms with Crippen molar-refractivity contribution in [3.63, 3.8) is 0 Å². The molecule has 2 aromatic carbocycles. The molecule has 1 aliphatic rings. The first kappa shape index (κ1) is 21.2. The van der Waals surface area contributed by atoms with Gasteiger partial charge in [-0.15, -0.1) is 0 Å². The maximum Gasteiger partial charge on any atom is 0.257 e. The zero-order valence-corrected chi connectivity index (χ0v) is 17.8. The van der Waals surface area contributed by atoms with Crippen LogP contribution in [0.3, 0.4) is 0 Å². The van der Waals surface area contributed by atoms with Gasteiger partial charge in [0.1, 0.15) is 0 Å². The standard InChI is InChI=1S/C24H27FN4O2/c1-15-13-29(14-16(2)31-15)10-9-19-22(8-7-21(26)23(19)25)28-24(30)20-12-27-11-17-5-3-4-6-18(17)20/h3-8,11-12,15-16H,9-10,13-14,26H2,1-2H3,(H,28,30). The molecule has 0 saturated carbocycles. The normalized spacial score (nSPS) is 19.5. The van der Waals surface area contributed by atoms with Crippen molar-refractivity contribution in [3.05, 3.63) is 65.7 Å². The molecule has 1 fully saturated rings. The molecule has 1 aromatic heterocycles. The van der Waals surface area contributed by atoms with Gasteiger partial charge >= 0.3 is 0 Å². The summed E-state index contributed by atoms with van der Waals surface area (Å²) in [7, 11) is 0. The molecule has 0 spiro atoms. The van der Waals surface area contributed by atoms with Gasteiger partial charge in [-0.3, -0.25) is 14.7 Å². The van der Waals surface area contributed by atoms with Gasteiger partial charge in [-0.1, -0.05) is 24.3 Å². The van der Waals surface area contributed by atoms with Crippen molar-refractivity contribution in [1.82, 2.24) is 9.88 Å². The Hall–Kier alpha value is -3.03. The Kier molecular flexibility index (Phi) is 6.15. The van der Waals surface area contributed by atoms with Crippen molar-refractivity contribution < 1.29 is 13.9 Å². The lowest BCUT2D eigenvalue weighted by Crippen LogP contribution is -2.46. The molecule has 31 heavy (non-hydrogen) atoms. The van der Waals surface area contributed by atoms with Gasteiger partial charge in [0.2, 0.25) is 0 Å². The van der Waals surface area contributed by atoms with Crippen LogP contribution in [0.25, 0.3) is 10.8 Å². The summed E-state index contributed by atoms with van der Waals surface area (Å²) in [5, 5.41) is 4.54. The van der Waals surface area contributed by atoms with Crippen molar-refractivity contribution in [2.45, 2.75) is 32.5 Å². The van der Waals surface area contributed by atoms with Crippen LogP contribution in [-0.2, 0) is 11.2 Å². The van der Waals surface area contributed by atoms with E-state index in [1.807, 2.05) is 38.1 Å². The minimum atomic E-state index is -0.483. The second-order valence-corrected chi connectivity index (χ2v) is 8.12. The molecule has 2 unspecified atom stereocenters. The Morgan fingerprint density at radius 2 is 1.94 bits per heavy atom. The molecule has 4 rings (SSSR count). The van der Waals surface area contributed by atoms with Crippen molar-refractivity contribution in [1.29, 1.82) is 0 Å². The second-order valence-electron chi connectivity index (χ2n) is 8.12. The second kappa shape index (κ2) is 8.99. The Labute approximate surface area is 181 Å². The number of halogens is 1. The highest BCUT2D eigenvalue weighted by atomic mass is 19.1. The Bertz CT molecular complexity index is 1090. The molecule has 1 saturated heterocycles. The lowest BCUT2D eigenvalue weighted by Gasteiger charge is -2.35. The third kappa shape index (κ3) is 4.68. The number of aromatic nitrogens is 1. The number of fused-ring (bicyclic) bond motifs is 1. The number of benzene rings is 2. The van der Waals surface area contributed by atoms with Crippen LogP contribution in [0.5, 0.6) is 0 Å². The van der Waals surface area contributed by atoms with E-state index in [4.69, 9.17) is 10.5 Å². The fourth-order valence-electron chi connectivity index (χ4n) is 4.22. The number of anilines is 2. The van der Waals surface area contributed by atoms with Gasteiger partial charge in [-0.2, -0.15) is 0 Å². The molecule has 3 N–H and O–H groups in total. The Morgan fingerprint density at radius 3 is 2.71 bits per heavy atom. The lowest BCUT2D eigenvalue weighted by atomic mass is 10.0. The number of amides is 1. The SMILES string of the molecule is CC1CN(CCc2c(NC(=O)c3cncc4ccccc34)ccc(N)c2F)CC(C)O1. The topological polar surface area (TPSA) is 80.5 Å². The molecule has 2 heterocycles. The van der Waals surface area contributed by atoms with Crippen LogP contribution < -0.4 is 11.1 Å². The molecule has 6 nitrogen and oxygen atoms in total. The van der Waals surface area contributed by atoms with Crippen molar-refractivity contribution >= 4 is 28.1 Å². The molecule has 0 radical (unpaired) electrons. The number of nitrogens with one attached hydrogen (secondary N) is 1. The number of nitrogens with two attached hydrogens (primary N) is 1. The van der Waals surface area contributed by atoms with Crippen LogP contribution in [0.1, 0.15) is 29.8 Å². The molecule has 1 aliphatic heterocycles. The molecule has 162 valence electrons. The third-order valence-corrected chi connectivity index (χ3v) is 5.61. The number of hydrogen-bond acceptors (Lipinski definition) is 5. The summed E-state index contributed by atoms with van der Waals surface area (Å²) in [6, 6.07) is 10.7. The number of carbonyl (C=O) groups excluding carboxylic acids is 1. The van der Waals surface area contributed by atoms with E-state index in [-0.39, 0.29) is 23.8 Å². The number of nitrogen functional groups attached to an aromatic ring is 1. The summed E-state index contributed by atoms with van der Waals surface area (Å²) in [4.78, 5) is 19.5. The molecule has 2 atom stereocenters. The monoisotopic (exact) mass is 422 g/mol. The van der Waals surface area contributed by atoms with E-state index in [0.717, 1.165) is 23.9 Å². The van der Waals surface area contributed by atoms with E-state index >= 15 is 0 Å². The molecular weight excluding hydrogens is 395 g/mol. The molecule has 0 bridgehead atoms. The van der Waals surface area contributed by atoms with Crippen molar-refractivity contribution in [2.24, 2.45) is 0 Å². The molecule has 1 amide bonds. The molecule has 3 aromatic rings. The summed E-state index contributed by atoms with van der Waals surface area (Å²) in [5.74, 6) is -0.813. The van der Waals surface area contributed by atoms with Crippen LogP contribution in [0, 0.1) is 5.82 Å². The maximum atomic E-state index is 14.9. The van der Waals surface area contributed by atoms with Crippen LogP contribution in [0.15, 0.2) is 48.8 Å². The van der Waals surface area contributed by atoms with Crippen molar-refractivity contribution in [3.8, 4) is 0 Å². The van der Waals surface area contributed by atoms with Gasteiger partial charge in [0.05, 0.1) is 23.5 Å². The van der Waals surface area contributed by atoms with E-state index in [9.17, 15) is 9.18 Å². The van der Waals surface area contributed by atoms with E-state index < -0.39 is 5.82 Å². The van der Waals surface area contributed by atoms with Gasteiger partial charge < -0.3 is 15.8 Å². The number of morpholine rings is 1. The highest BCUT2D eigenvalue weighted by molar-refractivity contribution is 6.12. The van der Waals surface area contributed by atoms with Gasteiger partial charge in [0.15, 0.2) is 5.82 Å². The van der Waals surface area contributed by atoms with Gasteiger partial charge in [0, 0.05) is 48.7 Å². The Balaban J connectivity index is 1.57. The van der Waals surface area contributed by atoms with Crippen molar-refractivity contribution in [2.75, 3.05) is 30.7 Å². The molecule has 0 aliphatic carbocycles. The first-order valence-electron chi connectivity index (χ1n) is 10.5. The van der Waals surface area contributed by atoms with Gasteiger partial charge in [0.25, 0.3) is 5.91 Å². The van der Waals surface area contributed by atoms with Crippen LogP contribution in [0.2, 0.25) is 0 Å². The highest BCUT2D eigenvalue weighted by Crippen LogP contribution is 2.27. The zero-order chi connectivity index (χ0) is 22.0. The van der Waals surface area contributed by atoms with Crippen LogP contribution in [-0.4, -0.2) is 47.6 Å². The average molecular weight is 423 g/mol. The summed E-state index contributed by atoms with van der Waals surface area (Å²) in [6.07, 6.45) is 3.94. The first-order valence-corrected chi connectivity index (χ1v) is 10.5. The number of hydrogen-bond donors (Lipinski definition) is 2. The minimum absolute atomic E-state index is 0.0727. The minimum Gasteiger partial charge on any atom is -0.396 e. The fourth-order valence-corrected chi connectivity index (χ4v) is 4.22. The average Bonchev–Trinajstić information content (AvgIpc) is 2.75. The first-order chi connectivity index (χ1) is 14.9. The van der Waals surface area contributed by atoms with Gasteiger partial charge in [-0.25, -0.2) is 4.39 Å². The lowest BCUT2D eigenvalue weighted by molar-refractivity contribution is -0.0675. The predicted octanol–water partition coefficient (Wildman–Crippen LogP) is 3.86. The molecular formula is C24H27FN4O2. The maximum absolute atomic E-state index is 14.9.